The van der Waals surface area contributed by atoms with Gasteiger partial charge in [0, 0.05) is 49.6 Å². The van der Waals surface area contributed by atoms with Gasteiger partial charge in [0.05, 0.1) is 0 Å². The largest absolute Gasteiger partial charge is 0.357 e. The maximum absolute atomic E-state index is 12.7. The van der Waals surface area contributed by atoms with Gasteiger partial charge in [0.2, 0.25) is 5.91 Å². The van der Waals surface area contributed by atoms with Crippen LogP contribution in [-0.4, -0.2) is 60.5 Å². The van der Waals surface area contributed by atoms with E-state index in [9.17, 15) is 4.79 Å². The van der Waals surface area contributed by atoms with Crippen LogP contribution in [0.1, 0.15) is 52.4 Å². The van der Waals surface area contributed by atoms with Crippen molar-refractivity contribution < 1.29 is 4.79 Å². The van der Waals surface area contributed by atoms with Crippen LogP contribution in [0, 0.1) is 11.3 Å². The molecule has 5 nitrogen and oxygen atoms in total. The molecule has 0 bridgehead atoms. The summed E-state index contributed by atoms with van der Waals surface area (Å²) in [5.41, 5.74) is 0.444. The van der Waals surface area contributed by atoms with Gasteiger partial charge in [-0.1, -0.05) is 6.92 Å². The molecule has 3 rings (SSSR count). The molecule has 0 aromatic rings. The highest BCUT2D eigenvalue weighted by atomic mass is 32.2. The van der Waals surface area contributed by atoms with Crippen molar-refractivity contribution in [3.05, 3.63) is 0 Å². The Morgan fingerprint density at radius 1 is 1.20 bits per heavy atom. The van der Waals surface area contributed by atoms with Gasteiger partial charge in [-0.25, -0.2) is 0 Å². The third-order valence-electron chi connectivity index (χ3n) is 5.81. The molecule has 1 aliphatic heterocycles. The zero-order valence-electron chi connectivity index (χ0n) is 15.9. The predicted octanol–water partition coefficient (Wildman–Crippen LogP) is 2.48. The van der Waals surface area contributed by atoms with Crippen LogP contribution in [0.4, 0.5) is 0 Å². The molecule has 0 radical (unpaired) electrons. The first-order valence-corrected chi connectivity index (χ1v) is 11.2. The number of carbonyl (C=O) groups excluding carboxylic acids is 1. The topological polar surface area (TPSA) is 56.7 Å². The van der Waals surface area contributed by atoms with Crippen molar-refractivity contribution >= 4 is 23.6 Å². The van der Waals surface area contributed by atoms with Gasteiger partial charge in [0.1, 0.15) is 0 Å². The fourth-order valence-electron chi connectivity index (χ4n) is 3.68. The quantitative estimate of drug-likeness (QED) is 0.580. The zero-order chi connectivity index (χ0) is 17.7. The first-order chi connectivity index (χ1) is 12.1. The van der Waals surface area contributed by atoms with Gasteiger partial charge in [0.15, 0.2) is 5.96 Å². The van der Waals surface area contributed by atoms with Crippen molar-refractivity contribution in [2.24, 2.45) is 16.3 Å². The fourth-order valence-corrected chi connectivity index (χ4v) is 4.58. The molecular weight excluding hydrogens is 332 g/mol. The molecule has 0 atom stereocenters. The number of nitrogens with zero attached hydrogens (tertiary/aromatic N) is 2. The van der Waals surface area contributed by atoms with Crippen LogP contribution in [0.5, 0.6) is 0 Å². The molecule has 6 heteroatoms. The second kappa shape index (κ2) is 8.65. The second-order valence-electron chi connectivity index (χ2n) is 8.14. The minimum atomic E-state index is 0.242. The van der Waals surface area contributed by atoms with Gasteiger partial charge in [-0.15, -0.1) is 0 Å². The van der Waals surface area contributed by atoms with Gasteiger partial charge in [-0.05, 0) is 50.9 Å². The molecule has 1 amide bonds. The summed E-state index contributed by atoms with van der Waals surface area (Å²) in [5.74, 6) is 3.80. The molecular formula is C19H34N4OS. The Bertz CT molecular complexity index is 478. The maximum Gasteiger partial charge on any atom is 0.225 e. The van der Waals surface area contributed by atoms with Crippen molar-refractivity contribution in [3.63, 3.8) is 0 Å². The molecule has 3 aliphatic rings. The van der Waals surface area contributed by atoms with E-state index in [1.54, 1.807) is 0 Å². The average molecular weight is 367 g/mol. The highest BCUT2D eigenvalue weighted by Crippen LogP contribution is 2.45. The van der Waals surface area contributed by atoms with Gasteiger partial charge in [-0.3, -0.25) is 9.79 Å². The predicted molar refractivity (Wildman–Crippen MR) is 106 cm³/mol. The third-order valence-corrected chi connectivity index (χ3v) is 6.75. The third kappa shape index (κ3) is 5.53. The Balaban J connectivity index is 1.44. The number of carbonyl (C=O) groups is 1. The number of aliphatic imine (C=N–C) groups is 1. The van der Waals surface area contributed by atoms with Crippen molar-refractivity contribution in [2.45, 2.75) is 58.4 Å². The molecule has 0 aromatic heterocycles. The lowest BCUT2D eigenvalue weighted by Gasteiger charge is -2.34. The molecule has 3 fully saturated rings. The van der Waals surface area contributed by atoms with Crippen LogP contribution in [0.2, 0.25) is 0 Å². The van der Waals surface area contributed by atoms with Crippen LogP contribution < -0.4 is 10.6 Å². The van der Waals surface area contributed by atoms with Crippen LogP contribution >= 0.6 is 11.8 Å². The number of amides is 1. The van der Waals surface area contributed by atoms with Crippen LogP contribution in [-0.2, 0) is 4.79 Å². The summed E-state index contributed by atoms with van der Waals surface area (Å²) >= 11 is 1.96. The fraction of sp³-hybridized carbons (Fsp3) is 0.895. The van der Waals surface area contributed by atoms with Crippen LogP contribution in [0.25, 0.3) is 0 Å². The van der Waals surface area contributed by atoms with Crippen LogP contribution in [0.3, 0.4) is 0 Å². The average Bonchev–Trinajstić information content (AvgIpc) is 3.38. The molecule has 0 unspecified atom stereocenters. The smallest absolute Gasteiger partial charge is 0.225 e. The summed E-state index contributed by atoms with van der Waals surface area (Å²) in [4.78, 5) is 19.5. The number of nitrogens with one attached hydrogen (secondary N) is 2. The van der Waals surface area contributed by atoms with E-state index in [0.717, 1.165) is 69.3 Å². The lowest BCUT2D eigenvalue weighted by molar-refractivity contribution is -0.136. The number of rotatable bonds is 5. The Labute approximate surface area is 156 Å². The molecule has 25 heavy (non-hydrogen) atoms. The van der Waals surface area contributed by atoms with Gasteiger partial charge >= 0.3 is 0 Å². The Kier molecular flexibility index (Phi) is 6.53. The lowest BCUT2D eigenvalue weighted by atomic mass is 9.85. The lowest BCUT2D eigenvalue weighted by Crippen LogP contribution is -2.47. The SMILES string of the molecule is CCNC(=NCC1(C)CC1)NC1CCC(C(=O)N2CCSCC2)CC1. The van der Waals surface area contributed by atoms with E-state index in [4.69, 9.17) is 4.99 Å². The van der Waals surface area contributed by atoms with Gasteiger partial charge < -0.3 is 15.5 Å². The highest BCUT2D eigenvalue weighted by molar-refractivity contribution is 7.99. The zero-order valence-corrected chi connectivity index (χ0v) is 16.7. The number of hydrogen-bond acceptors (Lipinski definition) is 3. The standard InChI is InChI=1S/C19H34N4OS/c1-3-20-18(21-14-19(2)8-9-19)22-16-6-4-15(5-7-16)17(24)23-10-12-25-13-11-23/h15-16H,3-14H2,1-2H3,(H2,20,21,22). The summed E-state index contributed by atoms with van der Waals surface area (Å²) < 4.78 is 0. The van der Waals surface area contributed by atoms with E-state index < -0.39 is 0 Å². The number of thioether (sulfide) groups is 1. The first kappa shape index (κ1) is 18.9. The van der Waals surface area contributed by atoms with E-state index in [0.29, 0.717) is 17.4 Å². The van der Waals surface area contributed by atoms with Crippen molar-refractivity contribution in [2.75, 3.05) is 37.7 Å². The number of guanidine groups is 1. The summed E-state index contributed by atoms with van der Waals surface area (Å²) in [7, 11) is 0. The van der Waals surface area contributed by atoms with Crippen molar-refractivity contribution in [1.82, 2.24) is 15.5 Å². The molecule has 1 heterocycles. The maximum atomic E-state index is 12.7. The molecule has 1 saturated heterocycles. The van der Waals surface area contributed by atoms with E-state index in [-0.39, 0.29) is 5.92 Å². The van der Waals surface area contributed by atoms with E-state index in [2.05, 4.69) is 29.4 Å². The molecule has 0 aromatic carbocycles. The minimum absolute atomic E-state index is 0.242. The summed E-state index contributed by atoms with van der Waals surface area (Å²) in [6.07, 6.45) is 6.77. The Morgan fingerprint density at radius 3 is 2.48 bits per heavy atom. The number of hydrogen-bond donors (Lipinski definition) is 2. The van der Waals surface area contributed by atoms with Crippen LogP contribution in [0.15, 0.2) is 4.99 Å². The minimum Gasteiger partial charge on any atom is -0.357 e. The van der Waals surface area contributed by atoms with E-state index >= 15 is 0 Å². The molecule has 2 aliphatic carbocycles. The highest BCUT2D eigenvalue weighted by Gasteiger charge is 2.37. The molecule has 2 N–H and O–H groups in total. The monoisotopic (exact) mass is 366 g/mol. The Hall–Kier alpha value is -0.910. The molecule has 142 valence electrons. The van der Waals surface area contributed by atoms with Gasteiger partial charge in [0.25, 0.3) is 0 Å². The van der Waals surface area contributed by atoms with E-state index in [1.807, 2.05) is 11.8 Å². The summed E-state index contributed by atoms with van der Waals surface area (Å²) in [6, 6.07) is 0.450. The molecule has 0 spiro atoms. The molecule has 2 saturated carbocycles. The Morgan fingerprint density at radius 2 is 1.88 bits per heavy atom. The van der Waals surface area contributed by atoms with Crippen molar-refractivity contribution in [3.8, 4) is 0 Å². The van der Waals surface area contributed by atoms with Gasteiger partial charge in [-0.2, -0.15) is 11.8 Å². The first-order valence-electron chi connectivity index (χ1n) is 10.0. The van der Waals surface area contributed by atoms with E-state index in [1.165, 1.54) is 12.8 Å². The normalized spacial score (nSPS) is 29.2. The summed E-state index contributed by atoms with van der Waals surface area (Å²) in [6.45, 7) is 8.13. The summed E-state index contributed by atoms with van der Waals surface area (Å²) in [5, 5.41) is 6.98. The van der Waals surface area contributed by atoms with Crippen molar-refractivity contribution in [1.29, 1.82) is 0 Å². The second-order valence-corrected chi connectivity index (χ2v) is 9.36.